The van der Waals surface area contributed by atoms with Crippen molar-refractivity contribution >= 4 is 5.97 Å². The third kappa shape index (κ3) is 1.30. The lowest BCUT2D eigenvalue weighted by Gasteiger charge is -2.29. The molecule has 5 nitrogen and oxygen atoms in total. The maximum Gasteiger partial charge on any atom is 0.341 e. The summed E-state index contributed by atoms with van der Waals surface area (Å²) in [5.41, 5.74) is -1.42. The predicted molar refractivity (Wildman–Crippen MR) is 50.5 cm³/mol. The van der Waals surface area contributed by atoms with E-state index in [-0.39, 0.29) is 12.1 Å². The van der Waals surface area contributed by atoms with E-state index in [1.807, 2.05) is 0 Å². The molecule has 2 fully saturated rings. The van der Waals surface area contributed by atoms with Crippen LogP contribution >= 0.6 is 0 Å². The van der Waals surface area contributed by atoms with Gasteiger partial charge in [-0.15, -0.1) is 0 Å². The second-order valence-electron chi connectivity index (χ2n) is 4.07. The average molecular weight is 216 g/mol. The Bertz CT molecular complexity index is 279. The summed E-state index contributed by atoms with van der Waals surface area (Å²) in [6.07, 6.45) is 0.465. The summed E-state index contributed by atoms with van der Waals surface area (Å²) < 4.78 is 20.9. The number of hydrogen-bond acceptors (Lipinski definition) is 5. The molecule has 3 unspecified atom stereocenters. The Hall–Kier alpha value is -0.650. The van der Waals surface area contributed by atoms with Crippen molar-refractivity contribution in [1.82, 2.24) is 0 Å². The van der Waals surface area contributed by atoms with Gasteiger partial charge in [0.15, 0.2) is 5.60 Å². The molecule has 0 aromatic heterocycles. The van der Waals surface area contributed by atoms with Gasteiger partial charge >= 0.3 is 5.97 Å². The molecule has 0 aromatic carbocycles. The van der Waals surface area contributed by atoms with Crippen LogP contribution in [0.25, 0.3) is 0 Å². The van der Waals surface area contributed by atoms with Crippen LogP contribution in [0.2, 0.25) is 0 Å². The van der Waals surface area contributed by atoms with Gasteiger partial charge in [0.25, 0.3) is 0 Å². The van der Waals surface area contributed by atoms with Crippen LogP contribution in [0.3, 0.4) is 0 Å². The lowest BCUT2D eigenvalue weighted by molar-refractivity contribution is -0.146. The molecule has 0 aliphatic carbocycles. The Balaban J connectivity index is 2.18. The van der Waals surface area contributed by atoms with Crippen LogP contribution in [0, 0.1) is 0 Å². The number of ether oxygens (including phenoxy) is 4. The normalized spacial score (nSPS) is 44.1. The third-order valence-electron chi connectivity index (χ3n) is 3.42. The molecule has 0 aromatic rings. The number of rotatable bonds is 2. The van der Waals surface area contributed by atoms with E-state index in [1.54, 1.807) is 14.0 Å². The topological polar surface area (TPSA) is 57.3 Å². The number of carbonyl (C=O) groups excluding carboxylic acids is 1. The van der Waals surface area contributed by atoms with Crippen LogP contribution in [0.4, 0.5) is 0 Å². The Morgan fingerprint density at radius 3 is 2.80 bits per heavy atom. The van der Waals surface area contributed by atoms with Gasteiger partial charge in [-0.3, -0.25) is 0 Å². The van der Waals surface area contributed by atoms with Crippen LogP contribution < -0.4 is 0 Å². The first-order valence-corrected chi connectivity index (χ1v) is 5.00. The first kappa shape index (κ1) is 10.9. The zero-order valence-electron chi connectivity index (χ0n) is 9.24. The quantitative estimate of drug-likeness (QED) is 0.485. The highest BCUT2D eigenvalue weighted by Crippen LogP contribution is 2.55. The van der Waals surface area contributed by atoms with Gasteiger partial charge in [-0.2, -0.15) is 0 Å². The average Bonchev–Trinajstić information content (AvgIpc) is 2.85. The highest BCUT2D eigenvalue weighted by atomic mass is 16.7. The fourth-order valence-corrected chi connectivity index (χ4v) is 2.38. The summed E-state index contributed by atoms with van der Waals surface area (Å²) in [4.78, 5) is 11.6. The zero-order chi connectivity index (χ0) is 11.1. The molecule has 0 radical (unpaired) electrons. The summed E-state index contributed by atoms with van der Waals surface area (Å²) in [5.74, 6) is -0.341. The standard InChI is InChI=1S/C10H16O5/c1-9(8(11)13-3)10(15-9)4-5-14-6-7(10)12-2/h7H,4-6H2,1-3H3. The number of methoxy groups -OCH3 is 2. The molecule has 0 N–H and O–H groups in total. The molecule has 15 heavy (non-hydrogen) atoms. The van der Waals surface area contributed by atoms with Crippen molar-refractivity contribution in [3.05, 3.63) is 0 Å². The molecule has 2 rings (SSSR count). The van der Waals surface area contributed by atoms with Gasteiger partial charge in [0, 0.05) is 20.1 Å². The molecule has 0 amide bonds. The minimum Gasteiger partial charge on any atom is -0.467 e. The SMILES string of the molecule is COC(=O)C1(C)OC12CCOCC2OC. The molecule has 0 bridgehead atoms. The largest absolute Gasteiger partial charge is 0.467 e. The van der Waals surface area contributed by atoms with Crippen LogP contribution in [0.5, 0.6) is 0 Å². The maximum atomic E-state index is 11.6. The molecule has 2 aliphatic heterocycles. The third-order valence-corrected chi connectivity index (χ3v) is 3.42. The molecular weight excluding hydrogens is 200 g/mol. The van der Waals surface area contributed by atoms with Crippen LogP contribution in [0.15, 0.2) is 0 Å². The monoisotopic (exact) mass is 216 g/mol. The van der Waals surface area contributed by atoms with Gasteiger partial charge in [0.05, 0.1) is 13.7 Å². The maximum absolute atomic E-state index is 11.6. The van der Waals surface area contributed by atoms with Gasteiger partial charge in [-0.1, -0.05) is 0 Å². The Kier molecular flexibility index (Phi) is 2.48. The van der Waals surface area contributed by atoms with Gasteiger partial charge in [0.1, 0.15) is 11.7 Å². The number of carbonyl (C=O) groups is 1. The van der Waals surface area contributed by atoms with E-state index in [1.165, 1.54) is 7.11 Å². The Morgan fingerprint density at radius 1 is 1.47 bits per heavy atom. The molecule has 0 saturated carbocycles. The van der Waals surface area contributed by atoms with Crippen molar-refractivity contribution < 1.29 is 23.7 Å². The summed E-state index contributed by atoms with van der Waals surface area (Å²) in [7, 11) is 2.96. The minimum atomic E-state index is -0.869. The Morgan fingerprint density at radius 2 is 2.20 bits per heavy atom. The van der Waals surface area contributed by atoms with Crippen LogP contribution in [-0.2, 0) is 23.7 Å². The molecule has 86 valence electrons. The summed E-state index contributed by atoms with van der Waals surface area (Å²) in [6, 6.07) is 0. The number of hydrogen-bond donors (Lipinski definition) is 0. The molecule has 5 heteroatoms. The smallest absolute Gasteiger partial charge is 0.341 e. The molecule has 3 atom stereocenters. The first-order chi connectivity index (χ1) is 7.10. The van der Waals surface area contributed by atoms with E-state index in [0.29, 0.717) is 19.6 Å². The highest BCUT2D eigenvalue weighted by Gasteiger charge is 2.76. The first-order valence-electron chi connectivity index (χ1n) is 5.00. The minimum absolute atomic E-state index is 0.199. The highest BCUT2D eigenvalue weighted by molar-refractivity contribution is 5.84. The fraction of sp³-hybridized carbons (Fsp3) is 0.900. The second-order valence-corrected chi connectivity index (χ2v) is 4.07. The zero-order valence-corrected chi connectivity index (χ0v) is 9.24. The van der Waals surface area contributed by atoms with E-state index in [0.717, 1.165) is 0 Å². The van der Waals surface area contributed by atoms with Gasteiger partial charge in [-0.25, -0.2) is 4.79 Å². The van der Waals surface area contributed by atoms with Crippen molar-refractivity contribution in [2.24, 2.45) is 0 Å². The van der Waals surface area contributed by atoms with Gasteiger partial charge in [0.2, 0.25) is 0 Å². The molecule has 2 heterocycles. The predicted octanol–water partition coefficient (Wildman–Crippen LogP) is 0.122. The summed E-state index contributed by atoms with van der Waals surface area (Å²) in [6.45, 7) is 2.80. The molecule has 2 saturated heterocycles. The lowest BCUT2D eigenvalue weighted by Crippen LogP contribution is -2.48. The van der Waals surface area contributed by atoms with E-state index in [2.05, 4.69) is 0 Å². The molecule has 1 spiro atoms. The number of esters is 1. The molecule has 2 aliphatic rings. The lowest BCUT2D eigenvalue weighted by atomic mass is 9.85. The second kappa shape index (κ2) is 3.43. The van der Waals surface area contributed by atoms with E-state index in [9.17, 15) is 4.79 Å². The van der Waals surface area contributed by atoms with E-state index < -0.39 is 11.2 Å². The van der Waals surface area contributed by atoms with Gasteiger partial charge < -0.3 is 18.9 Å². The summed E-state index contributed by atoms with van der Waals surface area (Å²) in [5, 5.41) is 0. The number of epoxide rings is 1. The van der Waals surface area contributed by atoms with Crippen molar-refractivity contribution in [2.45, 2.75) is 30.7 Å². The van der Waals surface area contributed by atoms with Crippen molar-refractivity contribution in [3.63, 3.8) is 0 Å². The van der Waals surface area contributed by atoms with Gasteiger partial charge in [-0.05, 0) is 6.92 Å². The Labute approximate surface area is 88.6 Å². The van der Waals surface area contributed by atoms with Crippen molar-refractivity contribution in [2.75, 3.05) is 27.4 Å². The molecular formula is C10H16O5. The van der Waals surface area contributed by atoms with E-state index in [4.69, 9.17) is 18.9 Å². The van der Waals surface area contributed by atoms with Crippen LogP contribution in [-0.4, -0.2) is 50.7 Å². The van der Waals surface area contributed by atoms with Crippen molar-refractivity contribution in [3.8, 4) is 0 Å². The fourth-order valence-electron chi connectivity index (χ4n) is 2.38. The van der Waals surface area contributed by atoms with Crippen molar-refractivity contribution in [1.29, 1.82) is 0 Å². The van der Waals surface area contributed by atoms with E-state index >= 15 is 0 Å². The summed E-state index contributed by atoms with van der Waals surface area (Å²) >= 11 is 0. The van der Waals surface area contributed by atoms with Crippen LogP contribution in [0.1, 0.15) is 13.3 Å².